The van der Waals surface area contributed by atoms with Gasteiger partial charge >= 0.3 is 0 Å². The quantitative estimate of drug-likeness (QED) is 0.748. The number of benzene rings is 1. The van der Waals surface area contributed by atoms with Gasteiger partial charge in [0.2, 0.25) is 5.91 Å². The van der Waals surface area contributed by atoms with Gasteiger partial charge in [-0.15, -0.1) is 0 Å². The van der Waals surface area contributed by atoms with Crippen molar-refractivity contribution in [3.63, 3.8) is 0 Å². The van der Waals surface area contributed by atoms with Crippen LogP contribution in [0.1, 0.15) is 10.4 Å². The third-order valence-corrected chi connectivity index (χ3v) is 5.01. The lowest BCUT2D eigenvalue weighted by atomic mass is 10.2. The second-order valence-corrected chi connectivity index (χ2v) is 7.20. The van der Waals surface area contributed by atoms with Gasteiger partial charge in [-0.05, 0) is 36.0 Å². The van der Waals surface area contributed by atoms with E-state index in [2.05, 4.69) is 10.3 Å². The van der Waals surface area contributed by atoms with Crippen molar-refractivity contribution in [1.29, 1.82) is 0 Å². The Bertz CT molecular complexity index is 815. The maximum Gasteiger partial charge on any atom is 0.290 e. The molecule has 0 radical (unpaired) electrons. The smallest absolute Gasteiger partial charge is 0.290 e. The highest BCUT2D eigenvalue weighted by molar-refractivity contribution is 7.99. The van der Waals surface area contributed by atoms with Crippen LogP contribution in [0.25, 0.3) is 0 Å². The Morgan fingerprint density at radius 3 is 2.46 bits per heavy atom. The van der Waals surface area contributed by atoms with E-state index in [0.29, 0.717) is 26.2 Å². The molecule has 3 rings (SSSR count). The molecule has 0 atom stereocenters. The summed E-state index contributed by atoms with van der Waals surface area (Å²) < 4.78 is 25.4. The first-order valence-corrected chi connectivity index (χ1v) is 9.67. The van der Waals surface area contributed by atoms with Crippen molar-refractivity contribution in [1.82, 2.24) is 14.8 Å². The number of anilines is 1. The molecule has 2 heterocycles. The molecule has 1 fully saturated rings. The number of rotatable bonds is 6. The second kappa shape index (κ2) is 9.61. The lowest BCUT2D eigenvalue weighted by Crippen LogP contribution is -2.50. The van der Waals surface area contributed by atoms with Crippen molar-refractivity contribution in [2.24, 2.45) is 0 Å². The third-order valence-electron chi connectivity index (χ3n) is 4.29. The van der Waals surface area contributed by atoms with E-state index in [1.165, 1.54) is 12.3 Å². The Morgan fingerprint density at radius 1 is 1.07 bits per heavy atom. The summed E-state index contributed by atoms with van der Waals surface area (Å²) in [4.78, 5) is 32.3. The molecule has 6 nitrogen and oxygen atoms in total. The number of alkyl halides is 2. The van der Waals surface area contributed by atoms with E-state index in [1.807, 2.05) is 35.2 Å². The highest BCUT2D eigenvalue weighted by Crippen LogP contribution is 2.27. The minimum absolute atomic E-state index is 0.0344. The van der Waals surface area contributed by atoms with Gasteiger partial charge in [0.05, 0.1) is 12.1 Å². The average molecular weight is 406 g/mol. The van der Waals surface area contributed by atoms with E-state index in [9.17, 15) is 18.4 Å². The molecule has 148 valence electrons. The Kier molecular flexibility index (Phi) is 6.94. The van der Waals surface area contributed by atoms with Crippen molar-refractivity contribution >= 4 is 29.3 Å². The highest BCUT2D eigenvalue weighted by Gasteiger charge is 2.26. The number of hydrogen-bond acceptors (Lipinski definition) is 5. The normalized spacial score (nSPS) is 14.9. The van der Waals surface area contributed by atoms with Crippen molar-refractivity contribution < 1.29 is 18.4 Å². The number of carbonyl (C=O) groups excluding carboxylic acids is 2. The minimum atomic E-state index is -2.64. The van der Waals surface area contributed by atoms with Crippen LogP contribution in [-0.2, 0) is 4.79 Å². The summed E-state index contributed by atoms with van der Waals surface area (Å²) in [7, 11) is 0. The maximum atomic E-state index is 12.7. The summed E-state index contributed by atoms with van der Waals surface area (Å²) in [6.45, 7) is 2.14. The van der Waals surface area contributed by atoms with E-state index in [4.69, 9.17) is 0 Å². The van der Waals surface area contributed by atoms with Crippen LogP contribution in [0, 0.1) is 0 Å². The Hall–Kier alpha value is -2.52. The van der Waals surface area contributed by atoms with Crippen LogP contribution in [0.5, 0.6) is 0 Å². The zero-order valence-corrected chi connectivity index (χ0v) is 15.9. The molecule has 0 aliphatic carbocycles. The molecule has 2 amide bonds. The van der Waals surface area contributed by atoms with Crippen LogP contribution in [0.3, 0.4) is 0 Å². The predicted octanol–water partition coefficient (Wildman–Crippen LogP) is 2.79. The zero-order valence-electron chi connectivity index (χ0n) is 15.1. The van der Waals surface area contributed by atoms with Crippen LogP contribution in [-0.4, -0.2) is 65.1 Å². The molecule has 1 aliphatic rings. The molecule has 1 saturated heterocycles. The summed E-state index contributed by atoms with van der Waals surface area (Å²) in [6, 6.07) is 12.3. The van der Waals surface area contributed by atoms with E-state index < -0.39 is 5.76 Å². The standard InChI is InChI=1S/C19H20F2N4O2S/c20-19(21)28-17-15(7-4-8-22-17)18(27)25-11-9-24(10-12-25)13-16(26)23-14-5-2-1-3-6-14/h1-8,19H,9-13H2,(H,23,26). The van der Waals surface area contributed by atoms with Gasteiger partial charge in [-0.2, -0.15) is 8.78 Å². The molecule has 1 aliphatic heterocycles. The molecule has 0 spiro atoms. The van der Waals surface area contributed by atoms with E-state index >= 15 is 0 Å². The molecule has 1 aromatic heterocycles. The Morgan fingerprint density at radius 2 is 1.79 bits per heavy atom. The first-order chi connectivity index (χ1) is 13.5. The Balaban J connectivity index is 1.52. The van der Waals surface area contributed by atoms with Crippen LogP contribution in [0.15, 0.2) is 53.7 Å². The molecule has 1 aromatic carbocycles. The lowest BCUT2D eigenvalue weighted by Gasteiger charge is -2.34. The first kappa shape index (κ1) is 20.2. The number of nitrogens with zero attached hydrogens (tertiary/aromatic N) is 3. The number of aromatic nitrogens is 1. The molecular weight excluding hydrogens is 386 g/mol. The number of amides is 2. The topological polar surface area (TPSA) is 65.5 Å². The summed E-state index contributed by atoms with van der Waals surface area (Å²) in [5.74, 6) is -3.07. The van der Waals surface area contributed by atoms with Crippen molar-refractivity contribution in [3.8, 4) is 0 Å². The van der Waals surface area contributed by atoms with Gasteiger partial charge in [-0.25, -0.2) is 4.98 Å². The Labute approximate surface area is 165 Å². The van der Waals surface area contributed by atoms with Crippen molar-refractivity contribution in [2.45, 2.75) is 10.8 Å². The van der Waals surface area contributed by atoms with Crippen LogP contribution >= 0.6 is 11.8 Å². The van der Waals surface area contributed by atoms with Gasteiger partial charge in [-0.3, -0.25) is 14.5 Å². The zero-order chi connectivity index (χ0) is 19.9. The van der Waals surface area contributed by atoms with Crippen LogP contribution in [0.2, 0.25) is 0 Å². The molecule has 2 aromatic rings. The fourth-order valence-corrected chi connectivity index (χ4v) is 3.51. The summed E-state index contributed by atoms with van der Waals surface area (Å²) in [5.41, 5.74) is 0.921. The number of thioether (sulfide) groups is 1. The molecular formula is C19H20F2N4O2S. The van der Waals surface area contributed by atoms with Crippen LogP contribution in [0.4, 0.5) is 14.5 Å². The summed E-state index contributed by atoms with van der Waals surface area (Å²) in [6.07, 6.45) is 1.39. The molecule has 28 heavy (non-hydrogen) atoms. The van der Waals surface area contributed by atoms with Gasteiger partial charge < -0.3 is 10.2 Å². The molecule has 9 heteroatoms. The van der Waals surface area contributed by atoms with Gasteiger partial charge in [0.25, 0.3) is 11.7 Å². The fourth-order valence-electron chi connectivity index (χ4n) is 2.94. The molecule has 0 bridgehead atoms. The fraction of sp³-hybridized carbons (Fsp3) is 0.316. The molecule has 1 N–H and O–H groups in total. The largest absolute Gasteiger partial charge is 0.336 e. The van der Waals surface area contributed by atoms with Crippen LogP contribution < -0.4 is 5.32 Å². The summed E-state index contributed by atoms with van der Waals surface area (Å²) in [5, 5.41) is 2.87. The van der Waals surface area contributed by atoms with E-state index in [0.717, 1.165) is 5.69 Å². The molecule has 0 unspecified atom stereocenters. The second-order valence-electron chi connectivity index (χ2n) is 6.22. The number of para-hydroxylation sites is 1. The number of nitrogens with one attached hydrogen (secondary N) is 1. The molecule has 0 saturated carbocycles. The van der Waals surface area contributed by atoms with Crippen molar-refractivity contribution in [3.05, 3.63) is 54.2 Å². The lowest BCUT2D eigenvalue weighted by molar-refractivity contribution is -0.117. The maximum absolute atomic E-state index is 12.7. The van der Waals surface area contributed by atoms with Gasteiger partial charge in [0, 0.05) is 38.1 Å². The number of pyridine rings is 1. The van der Waals surface area contributed by atoms with E-state index in [-0.39, 0.29) is 40.7 Å². The van der Waals surface area contributed by atoms with Gasteiger partial charge in [0.1, 0.15) is 5.03 Å². The van der Waals surface area contributed by atoms with Gasteiger partial charge in [0.15, 0.2) is 0 Å². The predicted molar refractivity (Wildman–Crippen MR) is 104 cm³/mol. The SMILES string of the molecule is O=C(CN1CCN(C(=O)c2cccnc2SC(F)F)CC1)Nc1ccccc1. The van der Waals surface area contributed by atoms with E-state index in [1.54, 1.807) is 11.0 Å². The van der Waals surface area contributed by atoms with Crippen molar-refractivity contribution in [2.75, 3.05) is 38.0 Å². The average Bonchev–Trinajstić information content (AvgIpc) is 2.69. The third kappa shape index (κ3) is 5.49. The number of hydrogen-bond donors (Lipinski definition) is 1. The summed E-state index contributed by atoms with van der Waals surface area (Å²) >= 11 is 0.272. The number of carbonyl (C=O) groups is 2. The number of halogens is 2. The first-order valence-electron chi connectivity index (χ1n) is 8.79. The minimum Gasteiger partial charge on any atom is -0.336 e. The highest BCUT2D eigenvalue weighted by atomic mass is 32.2. The monoisotopic (exact) mass is 406 g/mol. The van der Waals surface area contributed by atoms with Gasteiger partial charge in [-0.1, -0.05) is 18.2 Å². The number of piperazine rings is 1.